The van der Waals surface area contributed by atoms with Crippen LogP contribution in [0.3, 0.4) is 0 Å². The number of rotatable bonds is 33. The molecule has 0 unspecified atom stereocenters. The summed E-state index contributed by atoms with van der Waals surface area (Å²) in [6.07, 6.45) is 31.5. The molecule has 5 nitrogen and oxygen atoms in total. The van der Waals surface area contributed by atoms with E-state index in [1.807, 2.05) is 0 Å². The van der Waals surface area contributed by atoms with Crippen LogP contribution in [0.4, 0.5) is 0 Å². The minimum absolute atomic E-state index is 0.109. The van der Waals surface area contributed by atoms with Crippen molar-refractivity contribution in [3.05, 3.63) is 0 Å². The highest BCUT2D eigenvalue weighted by Crippen LogP contribution is 2.16. The van der Waals surface area contributed by atoms with Crippen LogP contribution in [-0.4, -0.2) is 36.4 Å². The summed E-state index contributed by atoms with van der Waals surface area (Å²) in [5.41, 5.74) is 0. The predicted octanol–water partition coefficient (Wildman–Crippen LogP) is 11.3. The molecule has 0 saturated heterocycles. The molecule has 1 atom stereocenters. The van der Waals surface area contributed by atoms with Crippen molar-refractivity contribution in [3.63, 3.8) is 0 Å². The van der Waals surface area contributed by atoms with Gasteiger partial charge in [-0.3, -0.25) is 9.59 Å². The molecule has 0 aliphatic carbocycles. The lowest BCUT2D eigenvalue weighted by Gasteiger charge is -2.12. The first-order valence-corrected chi connectivity index (χ1v) is 18.8. The second-order valence-corrected chi connectivity index (χ2v) is 14.0. The van der Waals surface area contributed by atoms with Gasteiger partial charge in [0.1, 0.15) is 19.3 Å². The summed E-state index contributed by atoms with van der Waals surface area (Å²) in [5, 5.41) is 9.99. The summed E-state index contributed by atoms with van der Waals surface area (Å²) in [4.78, 5) is 23.9. The highest BCUT2D eigenvalue weighted by molar-refractivity contribution is 5.69. The fourth-order valence-corrected chi connectivity index (χ4v) is 5.57. The van der Waals surface area contributed by atoms with Crippen molar-refractivity contribution in [3.8, 4) is 0 Å². The molecule has 0 aliphatic rings. The molecule has 0 bridgehead atoms. The molecule has 0 spiro atoms. The normalized spacial score (nSPS) is 12.3. The van der Waals surface area contributed by atoms with Crippen LogP contribution in [0, 0.1) is 11.8 Å². The third-order valence-corrected chi connectivity index (χ3v) is 8.45. The van der Waals surface area contributed by atoms with Crippen molar-refractivity contribution in [1.29, 1.82) is 0 Å². The Morgan fingerprint density at radius 2 is 0.651 bits per heavy atom. The largest absolute Gasteiger partial charge is 0.463 e. The van der Waals surface area contributed by atoms with Gasteiger partial charge < -0.3 is 14.6 Å². The first-order valence-electron chi connectivity index (χ1n) is 18.8. The van der Waals surface area contributed by atoms with Gasteiger partial charge in [0.2, 0.25) is 0 Å². The molecule has 0 aromatic carbocycles. The molecule has 1 N–H and O–H groups in total. The Kier molecular flexibility index (Phi) is 31.5. The van der Waals surface area contributed by atoms with Crippen molar-refractivity contribution in [2.24, 2.45) is 11.8 Å². The first kappa shape index (κ1) is 41.9. The van der Waals surface area contributed by atoms with E-state index in [1.54, 1.807) is 0 Å². The van der Waals surface area contributed by atoms with Gasteiger partial charge in [-0.2, -0.15) is 0 Å². The van der Waals surface area contributed by atoms with E-state index in [0.29, 0.717) is 12.8 Å². The molecule has 0 rings (SSSR count). The number of carbonyl (C=O) groups is 2. The molecule has 0 amide bonds. The van der Waals surface area contributed by atoms with E-state index < -0.39 is 6.10 Å². The number of esters is 2. The molecule has 0 radical (unpaired) electrons. The van der Waals surface area contributed by atoms with Crippen LogP contribution < -0.4 is 0 Å². The number of hydrogen-bond donors (Lipinski definition) is 1. The Morgan fingerprint density at radius 3 is 0.907 bits per heavy atom. The summed E-state index contributed by atoms with van der Waals surface area (Å²) in [5.74, 6) is 1.12. The molecule has 0 aliphatic heterocycles. The maximum Gasteiger partial charge on any atom is 0.305 e. The molecule has 0 heterocycles. The van der Waals surface area contributed by atoms with E-state index in [1.165, 1.54) is 135 Å². The minimum Gasteiger partial charge on any atom is -0.463 e. The average Bonchev–Trinajstić information content (AvgIpc) is 2.97. The van der Waals surface area contributed by atoms with E-state index in [2.05, 4.69) is 27.7 Å². The monoisotopic (exact) mass is 611 g/mol. The number of hydrogen-bond acceptors (Lipinski definition) is 5. The van der Waals surface area contributed by atoms with E-state index in [0.717, 1.165) is 37.5 Å². The fourth-order valence-electron chi connectivity index (χ4n) is 5.57. The first-order chi connectivity index (χ1) is 20.8. The van der Waals surface area contributed by atoms with Gasteiger partial charge in [0.05, 0.1) is 0 Å². The van der Waals surface area contributed by atoms with Crippen molar-refractivity contribution in [2.75, 3.05) is 13.2 Å². The lowest BCUT2D eigenvalue weighted by atomic mass is 10.0. The average molecular weight is 611 g/mol. The maximum absolute atomic E-state index is 11.9. The Hall–Kier alpha value is -1.10. The van der Waals surface area contributed by atoms with Gasteiger partial charge in [-0.1, -0.05) is 175 Å². The van der Waals surface area contributed by atoms with Crippen molar-refractivity contribution in [2.45, 2.75) is 207 Å². The van der Waals surface area contributed by atoms with Crippen molar-refractivity contribution < 1.29 is 24.2 Å². The SMILES string of the molecule is CC(C)CCCCCCCCCCCCCCC(=O)OC[C@@H](O)COC(=O)CCCCCCCCCCCCCC(C)C. The number of carbonyl (C=O) groups excluding carboxylic acids is 2. The number of aliphatic hydroxyl groups excluding tert-OH is 1. The molecule has 0 aromatic rings. The maximum atomic E-state index is 11.9. The zero-order valence-electron chi connectivity index (χ0n) is 29.3. The van der Waals surface area contributed by atoms with E-state index in [-0.39, 0.29) is 25.2 Å². The van der Waals surface area contributed by atoms with Gasteiger partial charge in [-0.05, 0) is 24.7 Å². The molecule has 0 aromatic heterocycles. The molecule has 43 heavy (non-hydrogen) atoms. The van der Waals surface area contributed by atoms with Crippen LogP contribution in [0.25, 0.3) is 0 Å². The summed E-state index contributed by atoms with van der Waals surface area (Å²) in [7, 11) is 0. The molecular weight excluding hydrogens is 536 g/mol. The zero-order valence-corrected chi connectivity index (χ0v) is 29.3. The quantitative estimate of drug-likeness (QED) is 0.0591. The van der Waals surface area contributed by atoms with Crippen LogP contribution in [0.5, 0.6) is 0 Å². The second kappa shape index (κ2) is 32.3. The standard InChI is InChI=1S/C38H74O5/c1-34(2)28-24-20-16-12-8-5-6-10-14-18-22-26-30-37(40)42-32-36(39)33-43-38(41)31-27-23-19-15-11-7-9-13-17-21-25-29-35(3)4/h34-36,39H,5-33H2,1-4H3/t36-/m1/s1. The Labute approximate surface area is 268 Å². The van der Waals surface area contributed by atoms with Crippen LogP contribution in [0.2, 0.25) is 0 Å². The topological polar surface area (TPSA) is 72.8 Å². The lowest BCUT2D eigenvalue weighted by molar-refractivity contribution is -0.152. The fraction of sp³-hybridized carbons (Fsp3) is 0.947. The van der Waals surface area contributed by atoms with Crippen molar-refractivity contribution >= 4 is 11.9 Å². The predicted molar refractivity (Wildman–Crippen MR) is 182 cm³/mol. The highest BCUT2D eigenvalue weighted by atomic mass is 16.6. The van der Waals surface area contributed by atoms with E-state index in [9.17, 15) is 14.7 Å². The van der Waals surface area contributed by atoms with Gasteiger partial charge >= 0.3 is 11.9 Å². The van der Waals surface area contributed by atoms with E-state index >= 15 is 0 Å². The Balaban J connectivity index is 3.40. The number of aliphatic hydroxyl groups is 1. The van der Waals surface area contributed by atoms with Gasteiger partial charge in [-0.25, -0.2) is 0 Å². The zero-order chi connectivity index (χ0) is 31.8. The molecule has 0 saturated carbocycles. The van der Waals surface area contributed by atoms with Crippen LogP contribution in [-0.2, 0) is 19.1 Å². The van der Waals surface area contributed by atoms with Gasteiger partial charge in [-0.15, -0.1) is 0 Å². The summed E-state index contributed by atoms with van der Waals surface area (Å²) < 4.78 is 10.3. The van der Waals surface area contributed by atoms with Gasteiger partial charge in [0.15, 0.2) is 0 Å². The summed E-state index contributed by atoms with van der Waals surface area (Å²) in [6.45, 7) is 9.00. The molecule has 5 heteroatoms. The Morgan fingerprint density at radius 1 is 0.419 bits per heavy atom. The lowest BCUT2D eigenvalue weighted by Crippen LogP contribution is -2.25. The minimum atomic E-state index is -0.955. The summed E-state index contributed by atoms with van der Waals surface area (Å²) in [6, 6.07) is 0. The molecule has 0 fully saturated rings. The van der Waals surface area contributed by atoms with Crippen LogP contribution in [0.15, 0.2) is 0 Å². The number of unbranched alkanes of at least 4 members (excludes halogenated alkanes) is 21. The molecule has 256 valence electrons. The van der Waals surface area contributed by atoms with Gasteiger partial charge in [0, 0.05) is 12.8 Å². The van der Waals surface area contributed by atoms with Gasteiger partial charge in [0.25, 0.3) is 0 Å². The van der Waals surface area contributed by atoms with E-state index in [4.69, 9.17) is 9.47 Å². The second-order valence-electron chi connectivity index (χ2n) is 14.0. The third kappa shape index (κ3) is 35.3. The highest BCUT2D eigenvalue weighted by Gasteiger charge is 2.12. The van der Waals surface area contributed by atoms with Crippen molar-refractivity contribution in [1.82, 2.24) is 0 Å². The van der Waals surface area contributed by atoms with Crippen LogP contribution in [0.1, 0.15) is 201 Å². The van der Waals surface area contributed by atoms with Crippen LogP contribution >= 0.6 is 0 Å². The molecular formula is C38H74O5. The summed E-state index contributed by atoms with van der Waals surface area (Å²) >= 11 is 0. The number of ether oxygens (including phenoxy) is 2. The Bertz CT molecular complexity index is 603. The third-order valence-electron chi connectivity index (χ3n) is 8.45. The smallest absolute Gasteiger partial charge is 0.305 e.